The van der Waals surface area contributed by atoms with Crippen molar-refractivity contribution in [1.82, 2.24) is 24.6 Å². The van der Waals surface area contributed by atoms with Gasteiger partial charge in [0.1, 0.15) is 16.8 Å². The van der Waals surface area contributed by atoms with Crippen molar-refractivity contribution in [3.8, 4) is 6.07 Å². The summed E-state index contributed by atoms with van der Waals surface area (Å²) in [5.41, 5.74) is -0.857. The van der Waals surface area contributed by atoms with Gasteiger partial charge in [0, 0.05) is 32.0 Å². The van der Waals surface area contributed by atoms with Gasteiger partial charge in [0.05, 0.1) is 24.0 Å². The number of nitriles is 1. The van der Waals surface area contributed by atoms with Gasteiger partial charge in [-0.2, -0.15) is 15.3 Å². The highest BCUT2D eigenvalue weighted by Crippen LogP contribution is 2.40. The normalized spacial score (nSPS) is 22.5. The Morgan fingerprint density at radius 1 is 1.34 bits per heavy atom. The van der Waals surface area contributed by atoms with Crippen LogP contribution >= 0.6 is 0 Å². The second-order valence-electron chi connectivity index (χ2n) is 10.4. The van der Waals surface area contributed by atoms with Gasteiger partial charge in [-0.15, -0.1) is 0 Å². The zero-order valence-electron chi connectivity index (χ0n) is 20.9. The van der Waals surface area contributed by atoms with E-state index in [-0.39, 0.29) is 24.0 Å². The molecule has 2 saturated heterocycles. The molecule has 1 N–H and O–H groups in total. The first-order chi connectivity index (χ1) is 16.5. The molecule has 2 atom stereocenters. The number of hydrogen-bond donors (Lipinski definition) is 1. The van der Waals surface area contributed by atoms with Gasteiger partial charge in [-0.1, -0.05) is 13.8 Å². The highest BCUT2D eigenvalue weighted by Gasteiger charge is 2.50. The first-order valence-electron chi connectivity index (χ1n) is 11.9. The number of hydrogen-bond acceptors (Lipinski definition) is 8. The highest BCUT2D eigenvalue weighted by atomic mass is 16.6. The SMILES string of the molecule is CC(C)[C@]1(C#N)CCN(c2ccnc(Nc3cnn([C@H]4CCN(C(=O)OC(C)(C)C)C4)c3)n2)C1=O. The summed E-state index contributed by atoms with van der Waals surface area (Å²) in [5, 5.41) is 17.3. The van der Waals surface area contributed by atoms with Crippen molar-refractivity contribution in [3.05, 3.63) is 24.7 Å². The average molecular weight is 481 g/mol. The quantitative estimate of drug-likeness (QED) is 0.688. The zero-order valence-corrected chi connectivity index (χ0v) is 20.9. The number of nitrogens with zero attached hydrogens (tertiary/aromatic N) is 7. The molecule has 0 radical (unpaired) electrons. The first kappa shape index (κ1) is 24.4. The van der Waals surface area contributed by atoms with Crippen LogP contribution in [-0.2, 0) is 9.53 Å². The van der Waals surface area contributed by atoms with E-state index >= 15 is 0 Å². The molecule has 0 aromatic carbocycles. The molecule has 0 aliphatic carbocycles. The number of nitrogens with one attached hydrogen (secondary N) is 1. The Balaban J connectivity index is 1.41. The number of carbonyl (C=O) groups excluding carboxylic acids is 2. The second kappa shape index (κ2) is 9.17. The van der Waals surface area contributed by atoms with Crippen molar-refractivity contribution in [2.75, 3.05) is 29.9 Å². The lowest BCUT2D eigenvalue weighted by Crippen LogP contribution is -2.37. The van der Waals surface area contributed by atoms with E-state index in [1.165, 1.54) is 0 Å². The van der Waals surface area contributed by atoms with E-state index in [0.717, 1.165) is 6.42 Å². The van der Waals surface area contributed by atoms with Crippen LogP contribution in [-0.4, -0.2) is 61.9 Å². The molecule has 11 nitrogen and oxygen atoms in total. The largest absolute Gasteiger partial charge is 0.444 e. The topological polar surface area (TPSA) is 129 Å². The third-order valence-electron chi connectivity index (χ3n) is 6.51. The van der Waals surface area contributed by atoms with E-state index in [9.17, 15) is 14.9 Å². The van der Waals surface area contributed by atoms with E-state index in [2.05, 4.69) is 26.5 Å². The van der Waals surface area contributed by atoms with E-state index < -0.39 is 11.0 Å². The van der Waals surface area contributed by atoms with Gasteiger partial charge in [-0.3, -0.25) is 14.4 Å². The van der Waals surface area contributed by atoms with Crippen molar-refractivity contribution in [2.24, 2.45) is 11.3 Å². The molecule has 0 saturated carbocycles. The highest BCUT2D eigenvalue weighted by molar-refractivity contribution is 6.01. The fourth-order valence-electron chi connectivity index (χ4n) is 4.47. The van der Waals surface area contributed by atoms with Gasteiger partial charge >= 0.3 is 6.09 Å². The van der Waals surface area contributed by atoms with Gasteiger partial charge in [-0.05, 0) is 45.6 Å². The zero-order chi connectivity index (χ0) is 25.4. The molecule has 2 aliphatic rings. The molecule has 186 valence electrons. The van der Waals surface area contributed by atoms with Crippen LogP contribution in [0.25, 0.3) is 0 Å². The molecule has 11 heteroatoms. The smallest absolute Gasteiger partial charge is 0.410 e. The second-order valence-corrected chi connectivity index (χ2v) is 10.4. The monoisotopic (exact) mass is 480 g/mol. The maximum atomic E-state index is 13.0. The van der Waals surface area contributed by atoms with E-state index in [4.69, 9.17) is 4.74 Å². The summed E-state index contributed by atoms with van der Waals surface area (Å²) in [6.45, 7) is 10.9. The Labute approximate surface area is 205 Å². The molecule has 35 heavy (non-hydrogen) atoms. The summed E-state index contributed by atoms with van der Waals surface area (Å²) in [6, 6.07) is 3.95. The predicted molar refractivity (Wildman–Crippen MR) is 129 cm³/mol. The maximum absolute atomic E-state index is 13.0. The van der Waals surface area contributed by atoms with Crippen LogP contribution in [0.3, 0.4) is 0 Å². The van der Waals surface area contributed by atoms with Crippen molar-refractivity contribution >= 4 is 29.5 Å². The van der Waals surface area contributed by atoms with Crippen LogP contribution in [0.1, 0.15) is 53.5 Å². The molecule has 2 aromatic rings. The van der Waals surface area contributed by atoms with Crippen molar-refractivity contribution in [3.63, 3.8) is 0 Å². The molecule has 2 fully saturated rings. The number of anilines is 3. The summed E-state index contributed by atoms with van der Waals surface area (Å²) in [5.74, 6) is 0.484. The van der Waals surface area contributed by atoms with Gasteiger partial charge in [0.25, 0.3) is 0 Å². The molecule has 2 amide bonds. The Morgan fingerprint density at radius 3 is 2.77 bits per heavy atom. The summed E-state index contributed by atoms with van der Waals surface area (Å²) < 4.78 is 7.29. The number of amides is 2. The molecule has 4 heterocycles. The summed E-state index contributed by atoms with van der Waals surface area (Å²) in [4.78, 5) is 37.4. The Bertz CT molecular complexity index is 1150. The van der Waals surface area contributed by atoms with Gasteiger partial charge in [0.15, 0.2) is 0 Å². The van der Waals surface area contributed by atoms with E-state index in [1.54, 1.807) is 28.3 Å². The third-order valence-corrected chi connectivity index (χ3v) is 6.51. The van der Waals surface area contributed by atoms with Gasteiger partial charge in [-0.25, -0.2) is 9.78 Å². The minimum atomic E-state index is -1.02. The lowest BCUT2D eigenvalue weighted by molar-refractivity contribution is -0.124. The molecule has 2 aliphatic heterocycles. The van der Waals surface area contributed by atoms with Crippen LogP contribution < -0.4 is 10.2 Å². The maximum Gasteiger partial charge on any atom is 0.410 e. The molecule has 0 unspecified atom stereocenters. The predicted octanol–water partition coefficient (Wildman–Crippen LogP) is 3.50. The summed E-state index contributed by atoms with van der Waals surface area (Å²) >= 11 is 0. The van der Waals surface area contributed by atoms with Crippen molar-refractivity contribution in [2.45, 2.75) is 59.1 Å². The number of ether oxygens (including phenoxy) is 1. The third kappa shape index (κ3) is 4.92. The van der Waals surface area contributed by atoms with Crippen LogP contribution in [0.4, 0.5) is 22.2 Å². The fourth-order valence-corrected chi connectivity index (χ4v) is 4.47. The molecule has 4 rings (SSSR count). The molecule has 0 spiro atoms. The lowest BCUT2D eigenvalue weighted by atomic mass is 9.77. The minimum absolute atomic E-state index is 0.0441. The first-order valence-corrected chi connectivity index (χ1v) is 11.9. The van der Waals surface area contributed by atoms with E-state index in [1.807, 2.05) is 45.5 Å². The Morgan fingerprint density at radius 2 is 2.11 bits per heavy atom. The van der Waals surface area contributed by atoms with E-state index in [0.29, 0.717) is 43.5 Å². The van der Waals surface area contributed by atoms with Crippen LogP contribution in [0.2, 0.25) is 0 Å². The van der Waals surface area contributed by atoms with Crippen molar-refractivity contribution in [1.29, 1.82) is 5.26 Å². The van der Waals surface area contributed by atoms with Crippen LogP contribution in [0, 0.1) is 22.7 Å². The number of likely N-dealkylation sites (tertiary alicyclic amines) is 1. The van der Waals surface area contributed by atoms with Crippen molar-refractivity contribution < 1.29 is 14.3 Å². The molecular weight excluding hydrogens is 448 g/mol. The standard InChI is InChI=1S/C24H32N8O3/c1-16(2)24(15-25)8-11-31(20(24)33)19-6-9-26-21(29-19)28-17-12-27-32(13-17)18-7-10-30(14-18)22(34)35-23(3,4)5/h6,9,12-13,16,18H,7-8,10-11,14H2,1-5H3,(H,26,28,29)/t18-,24+/m0/s1. The number of carbonyl (C=O) groups is 2. The molecule has 0 bridgehead atoms. The fraction of sp³-hybridized carbons (Fsp3) is 0.583. The lowest BCUT2D eigenvalue weighted by Gasteiger charge is -2.24. The van der Waals surface area contributed by atoms with Gasteiger partial charge in [0.2, 0.25) is 11.9 Å². The van der Waals surface area contributed by atoms with Crippen LogP contribution in [0.5, 0.6) is 0 Å². The minimum Gasteiger partial charge on any atom is -0.444 e. The molecular formula is C24H32N8O3. The summed E-state index contributed by atoms with van der Waals surface area (Å²) in [6.07, 6.45) is 6.04. The Hall–Kier alpha value is -3.68. The average Bonchev–Trinajstić information content (AvgIpc) is 3.51. The van der Waals surface area contributed by atoms with Crippen LogP contribution in [0.15, 0.2) is 24.7 Å². The molecule has 2 aromatic heterocycles. The number of rotatable bonds is 5. The number of aromatic nitrogens is 4. The van der Waals surface area contributed by atoms with Gasteiger partial charge < -0.3 is 15.0 Å². The Kier molecular flexibility index (Phi) is 6.40. The summed E-state index contributed by atoms with van der Waals surface area (Å²) in [7, 11) is 0.